The highest BCUT2D eigenvalue weighted by atomic mass is 32.2. The maximum Gasteiger partial charge on any atom is 0.309 e. The maximum atomic E-state index is 13.2. The zero-order valence-electron chi connectivity index (χ0n) is 19.4. The summed E-state index contributed by atoms with van der Waals surface area (Å²) in [5.41, 5.74) is 2.53. The highest BCUT2D eigenvalue weighted by molar-refractivity contribution is 7.87. The first-order valence-corrected chi connectivity index (χ1v) is 12.0. The van der Waals surface area contributed by atoms with Crippen molar-refractivity contribution < 1.29 is 22.1 Å². The Morgan fingerprint density at radius 1 is 1.03 bits per heavy atom. The summed E-state index contributed by atoms with van der Waals surface area (Å²) in [6, 6.07) is 12.7. The molecule has 2 rings (SSSR count). The van der Waals surface area contributed by atoms with Gasteiger partial charge in [0.05, 0.1) is 12.9 Å². The van der Waals surface area contributed by atoms with Gasteiger partial charge in [-0.1, -0.05) is 39.0 Å². The molecule has 0 bridgehead atoms. The SMILES string of the molecule is CCS(=O)(=O)Oc1cc(CN(C(=O)c2ccc(C(C)(C)C)cc2)C(C)C)ccc1OC. The quantitative estimate of drug-likeness (QED) is 0.545. The number of benzene rings is 2. The topological polar surface area (TPSA) is 72.9 Å². The Hall–Kier alpha value is -2.54. The van der Waals surface area contributed by atoms with Gasteiger partial charge in [0.1, 0.15) is 0 Å². The molecule has 0 aliphatic carbocycles. The van der Waals surface area contributed by atoms with Crippen LogP contribution >= 0.6 is 0 Å². The largest absolute Gasteiger partial charge is 0.493 e. The fraction of sp³-hybridized carbons (Fsp3) is 0.458. The number of carbonyl (C=O) groups is 1. The molecule has 1 amide bonds. The number of hydrogen-bond donors (Lipinski definition) is 0. The molecule has 0 heterocycles. The molecule has 0 saturated heterocycles. The molecule has 0 atom stereocenters. The van der Waals surface area contributed by atoms with Crippen LogP contribution in [0.5, 0.6) is 11.5 Å². The van der Waals surface area contributed by atoms with Crippen LogP contribution in [0.1, 0.15) is 63.0 Å². The highest BCUT2D eigenvalue weighted by Crippen LogP contribution is 2.30. The summed E-state index contributed by atoms with van der Waals surface area (Å²) in [4.78, 5) is 15.0. The maximum absolute atomic E-state index is 13.2. The summed E-state index contributed by atoms with van der Waals surface area (Å²) in [5.74, 6) is 0.199. The molecule has 0 aliphatic heterocycles. The van der Waals surface area contributed by atoms with Crippen molar-refractivity contribution in [1.29, 1.82) is 0 Å². The van der Waals surface area contributed by atoms with E-state index >= 15 is 0 Å². The van der Waals surface area contributed by atoms with Crippen LogP contribution < -0.4 is 8.92 Å². The molecule has 0 aromatic heterocycles. The van der Waals surface area contributed by atoms with E-state index in [4.69, 9.17) is 8.92 Å². The fourth-order valence-electron chi connectivity index (χ4n) is 3.04. The van der Waals surface area contributed by atoms with Gasteiger partial charge >= 0.3 is 10.1 Å². The second-order valence-electron chi connectivity index (χ2n) is 8.77. The van der Waals surface area contributed by atoms with E-state index in [0.29, 0.717) is 17.9 Å². The van der Waals surface area contributed by atoms with Gasteiger partial charge in [-0.3, -0.25) is 4.79 Å². The third kappa shape index (κ3) is 6.47. The molecule has 0 aliphatic rings. The predicted molar refractivity (Wildman–Crippen MR) is 123 cm³/mol. The van der Waals surface area contributed by atoms with Crippen LogP contribution in [0.3, 0.4) is 0 Å². The van der Waals surface area contributed by atoms with E-state index < -0.39 is 10.1 Å². The summed E-state index contributed by atoms with van der Waals surface area (Å²) in [6.07, 6.45) is 0. The van der Waals surface area contributed by atoms with Crippen LogP contribution in [0.2, 0.25) is 0 Å². The molecule has 2 aromatic carbocycles. The normalized spacial score (nSPS) is 12.0. The van der Waals surface area contributed by atoms with E-state index in [1.165, 1.54) is 14.0 Å². The number of amides is 1. The number of hydrogen-bond acceptors (Lipinski definition) is 5. The molecule has 31 heavy (non-hydrogen) atoms. The van der Waals surface area contributed by atoms with E-state index in [1.54, 1.807) is 23.1 Å². The van der Waals surface area contributed by atoms with Gasteiger partial charge in [-0.25, -0.2) is 0 Å². The Bertz CT molecular complexity index is 1010. The number of nitrogens with zero attached hydrogens (tertiary/aromatic N) is 1. The highest BCUT2D eigenvalue weighted by Gasteiger charge is 2.22. The lowest BCUT2D eigenvalue weighted by atomic mass is 9.86. The van der Waals surface area contributed by atoms with Crippen LogP contribution in [0.4, 0.5) is 0 Å². The Kier molecular flexibility index (Phi) is 7.76. The summed E-state index contributed by atoms with van der Waals surface area (Å²) >= 11 is 0. The van der Waals surface area contributed by atoms with Gasteiger partial charge in [0, 0.05) is 18.2 Å². The van der Waals surface area contributed by atoms with Gasteiger partial charge in [0.25, 0.3) is 5.91 Å². The first-order valence-electron chi connectivity index (χ1n) is 10.4. The van der Waals surface area contributed by atoms with Gasteiger partial charge in [-0.05, 0) is 61.6 Å². The molecule has 0 saturated carbocycles. The zero-order valence-corrected chi connectivity index (χ0v) is 20.2. The molecule has 0 spiro atoms. The minimum Gasteiger partial charge on any atom is -0.493 e. The summed E-state index contributed by atoms with van der Waals surface area (Å²) in [7, 11) is -2.25. The van der Waals surface area contributed by atoms with Crippen LogP contribution in [-0.4, -0.2) is 38.1 Å². The lowest BCUT2D eigenvalue weighted by Crippen LogP contribution is -2.36. The van der Waals surface area contributed by atoms with Crippen molar-refractivity contribution in [2.24, 2.45) is 0 Å². The second-order valence-corrected chi connectivity index (χ2v) is 10.6. The van der Waals surface area contributed by atoms with Crippen LogP contribution in [0, 0.1) is 0 Å². The van der Waals surface area contributed by atoms with Gasteiger partial charge in [0.2, 0.25) is 0 Å². The molecule has 0 radical (unpaired) electrons. The van der Waals surface area contributed by atoms with Crippen molar-refractivity contribution in [2.45, 2.75) is 59.5 Å². The summed E-state index contributed by atoms with van der Waals surface area (Å²) in [6.45, 7) is 12.1. The van der Waals surface area contributed by atoms with E-state index in [-0.39, 0.29) is 28.9 Å². The van der Waals surface area contributed by atoms with E-state index in [0.717, 1.165) is 11.1 Å². The Balaban J connectivity index is 2.31. The van der Waals surface area contributed by atoms with Crippen molar-refractivity contribution in [1.82, 2.24) is 4.90 Å². The monoisotopic (exact) mass is 447 g/mol. The molecule has 0 unspecified atom stereocenters. The van der Waals surface area contributed by atoms with Crippen molar-refractivity contribution in [3.05, 3.63) is 59.2 Å². The van der Waals surface area contributed by atoms with E-state index in [1.807, 2.05) is 38.1 Å². The van der Waals surface area contributed by atoms with Crippen molar-refractivity contribution >= 4 is 16.0 Å². The van der Waals surface area contributed by atoms with Gasteiger partial charge in [-0.15, -0.1) is 0 Å². The Labute approximate surface area is 186 Å². The molecule has 6 nitrogen and oxygen atoms in total. The Morgan fingerprint density at radius 2 is 1.65 bits per heavy atom. The molecule has 2 aromatic rings. The second kappa shape index (κ2) is 9.73. The molecular formula is C24H33NO5S. The smallest absolute Gasteiger partial charge is 0.309 e. The van der Waals surface area contributed by atoms with E-state index in [2.05, 4.69) is 20.8 Å². The van der Waals surface area contributed by atoms with Gasteiger partial charge in [0.15, 0.2) is 11.5 Å². The van der Waals surface area contributed by atoms with Crippen LogP contribution in [0.15, 0.2) is 42.5 Å². The number of ether oxygens (including phenoxy) is 1. The zero-order chi connectivity index (χ0) is 23.4. The first-order chi connectivity index (χ1) is 14.4. The third-order valence-corrected chi connectivity index (χ3v) is 6.17. The van der Waals surface area contributed by atoms with E-state index in [9.17, 15) is 13.2 Å². The van der Waals surface area contributed by atoms with Crippen molar-refractivity contribution in [3.8, 4) is 11.5 Å². The van der Waals surface area contributed by atoms with Gasteiger partial charge < -0.3 is 13.8 Å². The predicted octanol–water partition coefficient (Wildman–Crippen LogP) is 4.77. The minimum atomic E-state index is -3.70. The van der Waals surface area contributed by atoms with Crippen LogP contribution in [0.25, 0.3) is 0 Å². The number of methoxy groups -OCH3 is 1. The van der Waals surface area contributed by atoms with Crippen LogP contribution in [-0.2, 0) is 22.1 Å². The Morgan fingerprint density at radius 3 is 2.13 bits per heavy atom. The van der Waals surface area contributed by atoms with Gasteiger partial charge in [-0.2, -0.15) is 8.42 Å². The standard InChI is InChI=1S/C24H33NO5S/c1-8-31(27,28)30-22-15-18(9-14-21(22)29-7)16-25(17(2)3)23(26)19-10-12-20(13-11-19)24(4,5)6/h9-15,17H,8,16H2,1-7H3. The number of rotatable bonds is 8. The average Bonchev–Trinajstić information content (AvgIpc) is 2.70. The van der Waals surface area contributed by atoms with Crippen molar-refractivity contribution in [3.63, 3.8) is 0 Å². The summed E-state index contributed by atoms with van der Waals surface area (Å²) in [5, 5.41) is 0. The minimum absolute atomic E-state index is 0.0115. The third-order valence-electron chi connectivity index (χ3n) is 5.03. The first kappa shape index (κ1) is 24.7. The molecule has 170 valence electrons. The average molecular weight is 448 g/mol. The lowest BCUT2D eigenvalue weighted by Gasteiger charge is -2.28. The molecule has 0 fully saturated rings. The lowest BCUT2D eigenvalue weighted by molar-refractivity contribution is 0.0690. The fourth-order valence-corrected chi connectivity index (χ4v) is 3.57. The summed E-state index contributed by atoms with van der Waals surface area (Å²) < 4.78 is 34.3. The molecular weight excluding hydrogens is 414 g/mol. The molecule has 0 N–H and O–H groups in total. The number of carbonyl (C=O) groups excluding carboxylic acids is 1. The molecule has 7 heteroatoms. The van der Waals surface area contributed by atoms with Crippen molar-refractivity contribution in [2.75, 3.05) is 12.9 Å².